The van der Waals surface area contributed by atoms with Crippen molar-refractivity contribution in [2.75, 3.05) is 6.54 Å². The summed E-state index contributed by atoms with van der Waals surface area (Å²) in [5, 5.41) is 12.6. The maximum atomic E-state index is 12.8. The van der Waals surface area contributed by atoms with Crippen LogP contribution in [0.15, 0.2) is 18.2 Å². The van der Waals surface area contributed by atoms with Crippen molar-refractivity contribution in [3.8, 4) is 11.5 Å². The second kappa shape index (κ2) is 14.1. The number of carbonyl (C=O) groups is 4. The topological polar surface area (TPSA) is 128 Å². The number of hydrogen-bond acceptors (Lipinski definition) is 8. The van der Waals surface area contributed by atoms with Crippen LogP contribution in [0.2, 0.25) is 0 Å². The first-order chi connectivity index (χ1) is 17.2. The van der Waals surface area contributed by atoms with Gasteiger partial charge < -0.3 is 24.6 Å². The molecule has 0 aliphatic rings. The minimum atomic E-state index is -1.09. The first-order valence-corrected chi connectivity index (χ1v) is 12.9. The molecule has 1 rings (SSSR count). The Balaban J connectivity index is 3.16. The first kappa shape index (κ1) is 32.1. The summed E-state index contributed by atoms with van der Waals surface area (Å²) < 4.78 is 16.5. The van der Waals surface area contributed by atoms with Gasteiger partial charge in [-0.2, -0.15) is 0 Å². The number of hydrogen-bond donors (Lipinski definition) is 2. The van der Waals surface area contributed by atoms with Crippen LogP contribution < -0.4 is 14.8 Å². The molecule has 37 heavy (non-hydrogen) atoms. The van der Waals surface area contributed by atoms with Gasteiger partial charge in [0.05, 0.1) is 10.8 Å². The van der Waals surface area contributed by atoms with Crippen molar-refractivity contribution < 1.29 is 38.5 Å². The number of esters is 3. The summed E-state index contributed by atoms with van der Waals surface area (Å²) in [6.07, 6.45) is 1.62. The van der Waals surface area contributed by atoms with E-state index in [1.807, 2.05) is 20.8 Å². The van der Waals surface area contributed by atoms with Gasteiger partial charge in [-0.1, -0.05) is 26.8 Å². The van der Waals surface area contributed by atoms with Crippen LogP contribution in [-0.4, -0.2) is 47.7 Å². The van der Waals surface area contributed by atoms with E-state index in [2.05, 4.69) is 5.32 Å². The highest BCUT2D eigenvalue weighted by atomic mass is 16.6. The van der Waals surface area contributed by atoms with Crippen LogP contribution in [0, 0.1) is 10.8 Å². The lowest BCUT2D eigenvalue weighted by Crippen LogP contribution is -2.42. The monoisotopic (exact) mass is 521 g/mol. The van der Waals surface area contributed by atoms with Gasteiger partial charge in [-0.15, -0.1) is 0 Å². The summed E-state index contributed by atoms with van der Waals surface area (Å²) in [6.45, 7) is 14.5. The van der Waals surface area contributed by atoms with Crippen molar-refractivity contribution in [1.29, 1.82) is 0 Å². The van der Waals surface area contributed by atoms with Crippen molar-refractivity contribution in [2.24, 2.45) is 10.8 Å². The normalized spacial score (nSPS) is 13.4. The van der Waals surface area contributed by atoms with Gasteiger partial charge in [0.2, 0.25) is 0 Å². The molecule has 1 unspecified atom stereocenters. The third-order valence-electron chi connectivity index (χ3n) is 6.46. The molecule has 0 spiro atoms. The van der Waals surface area contributed by atoms with Crippen molar-refractivity contribution >= 4 is 23.9 Å². The number of carboxylic acid groups (broad SMARTS) is 1. The van der Waals surface area contributed by atoms with Gasteiger partial charge in [0.1, 0.15) is 12.1 Å². The van der Waals surface area contributed by atoms with Gasteiger partial charge in [0.15, 0.2) is 11.5 Å². The molecule has 1 aromatic carbocycles. The zero-order chi connectivity index (χ0) is 28.4. The van der Waals surface area contributed by atoms with Crippen LogP contribution in [-0.2, 0) is 30.3 Å². The number of nitrogens with one attached hydrogen (secondary N) is 1. The summed E-state index contributed by atoms with van der Waals surface area (Å²) in [4.78, 5) is 49.1. The Morgan fingerprint density at radius 3 is 1.95 bits per heavy atom. The van der Waals surface area contributed by atoms with E-state index in [-0.39, 0.29) is 30.4 Å². The van der Waals surface area contributed by atoms with Gasteiger partial charge in [-0.05, 0) is 78.0 Å². The van der Waals surface area contributed by atoms with Gasteiger partial charge in [-0.3, -0.25) is 19.2 Å². The van der Waals surface area contributed by atoms with Crippen molar-refractivity contribution in [3.05, 3.63) is 23.8 Å². The molecule has 208 valence electrons. The first-order valence-electron chi connectivity index (χ1n) is 12.9. The zero-order valence-corrected chi connectivity index (χ0v) is 23.4. The molecule has 1 aromatic rings. The summed E-state index contributed by atoms with van der Waals surface area (Å²) in [7, 11) is 0. The Labute approximate surface area is 220 Å². The highest BCUT2D eigenvalue weighted by molar-refractivity contribution is 5.81. The molecule has 9 heteroatoms. The molecule has 0 saturated heterocycles. The highest BCUT2D eigenvalue weighted by Crippen LogP contribution is 2.34. The molecular weight excluding hydrogens is 478 g/mol. The molecule has 0 aliphatic heterocycles. The zero-order valence-electron chi connectivity index (χ0n) is 23.4. The molecule has 0 radical (unpaired) electrons. The lowest BCUT2D eigenvalue weighted by molar-refractivity contribution is -0.148. The molecule has 0 saturated carbocycles. The third-order valence-corrected chi connectivity index (χ3v) is 6.46. The highest BCUT2D eigenvalue weighted by Gasteiger charge is 2.31. The van der Waals surface area contributed by atoms with Crippen LogP contribution in [0.3, 0.4) is 0 Å². The number of aliphatic carboxylic acids is 1. The Morgan fingerprint density at radius 1 is 0.919 bits per heavy atom. The molecule has 0 fully saturated rings. The van der Waals surface area contributed by atoms with Gasteiger partial charge >= 0.3 is 23.9 Å². The fourth-order valence-corrected chi connectivity index (χ4v) is 2.93. The number of ether oxygens (including phenoxy) is 3. The maximum Gasteiger partial charge on any atom is 0.321 e. The van der Waals surface area contributed by atoms with E-state index in [1.54, 1.807) is 40.7 Å². The van der Waals surface area contributed by atoms with Crippen LogP contribution in [0.5, 0.6) is 11.5 Å². The maximum absolute atomic E-state index is 12.8. The van der Waals surface area contributed by atoms with Crippen LogP contribution in [0.25, 0.3) is 0 Å². The number of rotatable bonds is 15. The Hall–Kier alpha value is -2.94. The minimum Gasteiger partial charge on any atom is -0.480 e. The second-order valence-electron chi connectivity index (χ2n) is 10.6. The second-order valence-corrected chi connectivity index (χ2v) is 10.6. The predicted molar refractivity (Wildman–Crippen MR) is 139 cm³/mol. The smallest absolute Gasteiger partial charge is 0.321 e. The van der Waals surface area contributed by atoms with Crippen LogP contribution in [0.4, 0.5) is 0 Å². The molecule has 0 bridgehead atoms. The van der Waals surface area contributed by atoms with E-state index in [0.717, 1.165) is 0 Å². The van der Waals surface area contributed by atoms with Crippen molar-refractivity contribution in [3.63, 3.8) is 0 Å². The fraction of sp³-hybridized carbons (Fsp3) is 0.643. The molecule has 2 atom stereocenters. The lowest BCUT2D eigenvalue weighted by atomic mass is 9.90. The molecule has 0 heterocycles. The molecule has 9 nitrogen and oxygen atoms in total. The lowest BCUT2D eigenvalue weighted by Gasteiger charge is -2.24. The van der Waals surface area contributed by atoms with E-state index in [0.29, 0.717) is 31.2 Å². The summed E-state index contributed by atoms with van der Waals surface area (Å²) in [5.74, 6) is -2.23. The number of carbonyl (C=O) groups excluding carboxylic acids is 3. The molecule has 0 aliphatic carbocycles. The molecule has 0 aromatic heterocycles. The predicted octanol–water partition coefficient (Wildman–Crippen LogP) is 4.69. The van der Waals surface area contributed by atoms with E-state index >= 15 is 0 Å². The Kier molecular flexibility index (Phi) is 12.2. The average Bonchev–Trinajstić information content (AvgIpc) is 2.82. The third kappa shape index (κ3) is 10.1. The van der Waals surface area contributed by atoms with E-state index in [1.165, 1.54) is 12.1 Å². The van der Waals surface area contributed by atoms with Crippen LogP contribution in [0.1, 0.15) is 86.6 Å². The van der Waals surface area contributed by atoms with E-state index in [9.17, 15) is 24.3 Å². The van der Waals surface area contributed by atoms with E-state index < -0.39 is 40.9 Å². The summed E-state index contributed by atoms with van der Waals surface area (Å²) in [5.41, 5.74) is -0.948. The quantitative estimate of drug-likeness (QED) is 0.249. The van der Waals surface area contributed by atoms with E-state index in [4.69, 9.17) is 14.2 Å². The average molecular weight is 522 g/mol. The SMILES string of the molecule is CCCC(=O)OC(C)CN[C@@H](Cc1ccc(OC(=O)C(C)(C)CC)c(OC(=O)C(C)(C)CC)c1)C(=O)O. The Bertz CT molecular complexity index is 954. The van der Waals surface area contributed by atoms with Gasteiger partial charge in [-0.25, -0.2) is 0 Å². The number of benzene rings is 1. The number of carboxylic acids is 1. The largest absolute Gasteiger partial charge is 0.480 e. The van der Waals surface area contributed by atoms with Gasteiger partial charge in [0.25, 0.3) is 0 Å². The minimum absolute atomic E-state index is 0.0512. The van der Waals surface area contributed by atoms with Gasteiger partial charge in [0, 0.05) is 13.0 Å². The van der Waals surface area contributed by atoms with Crippen molar-refractivity contribution in [1.82, 2.24) is 5.32 Å². The summed E-state index contributed by atoms with van der Waals surface area (Å²) in [6, 6.07) is 3.67. The van der Waals surface area contributed by atoms with Crippen molar-refractivity contribution in [2.45, 2.75) is 99.6 Å². The molecule has 2 N–H and O–H groups in total. The van der Waals surface area contributed by atoms with Crippen LogP contribution >= 0.6 is 0 Å². The fourth-order valence-electron chi connectivity index (χ4n) is 2.93. The molecular formula is C28H43NO8. The summed E-state index contributed by atoms with van der Waals surface area (Å²) >= 11 is 0. The molecule has 0 amide bonds. The Morgan fingerprint density at radius 2 is 1.46 bits per heavy atom. The standard InChI is InChI=1S/C28H43NO8/c1-9-12-23(30)35-18(4)17-29-20(24(31)32)15-19-13-14-21(36-25(33)27(5,6)10-2)22(16-19)37-26(34)28(7,8)11-3/h13-14,16,18,20,29H,9-12,15,17H2,1-8H3,(H,31,32)/t18?,20-/m0/s1.